The fraction of sp³-hybridized carbons (Fsp3) is 0.231. The first-order chi connectivity index (χ1) is 14.8. The second-order valence-corrected chi connectivity index (χ2v) is 8.51. The van der Waals surface area contributed by atoms with Crippen LogP contribution in [0, 0.1) is 0 Å². The van der Waals surface area contributed by atoms with Crippen molar-refractivity contribution in [3.8, 4) is 22.5 Å². The Labute approximate surface area is 175 Å². The molecule has 4 heterocycles. The maximum atomic E-state index is 3.66. The van der Waals surface area contributed by atoms with Crippen LogP contribution in [0.5, 0.6) is 0 Å². The standard InChI is InChI=1S/C26H26N4/c1-2-9-30(10-3-1)17-18-6-7-25-19(11-18)14-26(29-25)22-13-20(24-5-4-8-28-24)12-21-15-27-16-23(21)22/h4-8,11-16,27-29H,1-3,9-10,17H2. The Hall–Kier alpha value is -3.24. The van der Waals surface area contributed by atoms with Crippen molar-refractivity contribution in [1.82, 2.24) is 19.9 Å². The lowest BCUT2D eigenvalue weighted by Crippen LogP contribution is -2.28. The molecule has 0 aliphatic carbocycles. The summed E-state index contributed by atoms with van der Waals surface area (Å²) in [4.78, 5) is 12.9. The number of piperidine rings is 1. The monoisotopic (exact) mass is 394 g/mol. The van der Waals surface area contributed by atoms with E-state index in [0.717, 1.165) is 17.9 Å². The summed E-state index contributed by atoms with van der Waals surface area (Å²) in [5.74, 6) is 0. The zero-order valence-electron chi connectivity index (χ0n) is 17.0. The summed E-state index contributed by atoms with van der Waals surface area (Å²) in [5, 5.41) is 3.75. The molecule has 4 nitrogen and oxygen atoms in total. The fourth-order valence-corrected chi connectivity index (χ4v) is 4.86. The quantitative estimate of drug-likeness (QED) is 0.329. The topological polar surface area (TPSA) is 50.6 Å². The second kappa shape index (κ2) is 7.22. The number of hydrogen-bond donors (Lipinski definition) is 3. The third kappa shape index (κ3) is 3.14. The molecule has 150 valence electrons. The number of H-pyrrole nitrogens is 3. The van der Waals surface area contributed by atoms with Gasteiger partial charge in [-0.15, -0.1) is 0 Å². The van der Waals surface area contributed by atoms with Gasteiger partial charge in [0.25, 0.3) is 0 Å². The molecule has 3 N–H and O–H groups in total. The number of nitrogens with zero attached hydrogens (tertiary/aromatic N) is 1. The van der Waals surface area contributed by atoms with Gasteiger partial charge in [0.1, 0.15) is 0 Å². The van der Waals surface area contributed by atoms with Gasteiger partial charge in [-0.05, 0) is 79.5 Å². The van der Waals surface area contributed by atoms with Gasteiger partial charge >= 0.3 is 0 Å². The maximum absolute atomic E-state index is 3.66. The molecule has 1 saturated heterocycles. The first kappa shape index (κ1) is 17.6. The molecule has 1 fully saturated rings. The first-order valence-electron chi connectivity index (χ1n) is 10.9. The Bertz CT molecular complexity index is 1300. The Morgan fingerprint density at radius 2 is 1.77 bits per heavy atom. The van der Waals surface area contributed by atoms with Gasteiger partial charge in [-0.1, -0.05) is 12.5 Å². The first-order valence-corrected chi connectivity index (χ1v) is 10.9. The normalized spacial score (nSPS) is 15.3. The van der Waals surface area contributed by atoms with E-state index in [9.17, 15) is 0 Å². The molecule has 5 aromatic rings. The predicted octanol–water partition coefficient (Wildman–Crippen LogP) is 6.30. The minimum absolute atomic E-state index is 1.06. The minimum atomic E-state index is 1.06. The molecule has 1 aliphatic heterocycles. The Morgan fingerprint density at radius 1 is 0.833 bits per heavy atom. The van der Waals surface area contributed by atoms with Crippen molar-refractivity contribution in [2.24, 2.45) is 0 Å². The number of nitrogens with one attached hydrogen (secondary N) is 3. The van der Waals surface area contributed by atoms with Crippen molar-refractivity contribution in [2.45, 2.75) is 25.8 Å². The molecule has 0 spiro atoms. The highest BCUT2D eigenvalue weighted by Crippen LogP contribution is 2.35. The highest BCUT2D eigenvalue weighted by atomic mass is 15.1. The Kier molecular flexibility index (Phi) is 4.24. The summed E-state index contributed by atoms with van der Waals surface area (Å²) in [7, 11) is 0. The second-order valence-electron chi connectivity index (χ2n) is 8.51. The predicted molar refractivity (Wildman–Crippen MR) is 125 cm³/mol. The Morgan fingerprint density at radius 3 is 2.63 bits per heavy atom. The molecular formula is C26H26N4. The van der Waals surface area contributed by atoms with Crippen molar-refractivity contribution in [3.05, 3.63) is 72.7 Å². The van der Waals surface area contributed by atoms with Crippen molar-refractivity contribution in [1.29, 1.82) is 0 Å². The largest absolute Gasteiger partial charge is 0.366 e. The lowest BCUT2D eigenvalue weighted by molar-refractivity contribution is 0.221. The van der Waals surface area contributed by atoms with E-state index in [1.165, 1.54) is 70.7 Å². The third-order valence-corrected chi connectivity index (χ3v) is 6.42. The van der Waals surface area contributed by atoms with E-state index in [1.807, 2.05) is 12.3 Å². The van der Waals surface area contributed by atoms with Gasteiger partial charge in [-0.25, -0.2) is 0 Å². The highest BCUT2D eigenvalue weighted by molar-refractivity contribution is 6.01. The fourth-order valence-electron chi connectivity index (χ4n) is 4.86. The molecule has 4 heteroatoms. The van der Waals surface area contributed by atoms with Gasteiger partial charge < -0.3 is 15.0 Å². The number of rotatable bonds is 4. The molecule has 2 aromatic carbocycles. The van der Waals surface area contributed by atoms with Crippen LogP contribution in [0.4, 0.5) is 0 Å². The van der Waals surface area contributed by atoms with Crippen molar-refractivity contribution in [2.75, 3.05) is 13.1 Å². The lowest BCUT2D eigenvalue weighted by atomic mass is 10.0. The number of likely N-dealkylation sites (tertiary alicyclic amines) is 1. The SMILES string of the molecule is c1c[nH]c(-c2cc(-c3cc4cc(CN5CCCCC5)ccc4[nH]3)c3c[nH]cc3c2)c1. The average molecular weight is 395 g/mol. The lowest BCUT2D eigenvalue weighted by Gasteiger charge is -2.26. The van der Waals surface area contributed by atoms with Gasteiger partial charge in [0, 0.05) is 63.8 Å². The molecule has 0 unspecified atom stereocenters. The van der Waals surface area contributed by atoms with Gasteiger partial charge in [-0.2, -0.15) is 0 Å². The smallest absolute Gasteiger partial charge is 0.0471 e. The summed E-state index contributed by atoms with van der Waals surface area (Å²) < 4.78 is 0. The van der Waals surface area contributed by atoms with Crippen LogP contribution in [0.15, 0.2) is 67.1 Å². The molecule has 0 saturated carbocycles. The van der Waals surface area contributed by atoms with Crippen LogP contribution in [0.1, 0.15) is 24.8 Å². The number of benzene rings is 2. The van der Waals surface area contributed by atoms with E-state index < -0.39 is 0 Å². The summed E-state index contributed by atoms with van der Waals surface area (Å²) in [5.41, 5.74) is 7.33. The Balaban J connectivity index is 1.40. The van der Waals surface area contributed by atoms with Gasteiger partial charge in [0.2, 0.25) is 0 Å². The molecule has 0 amide bonds. The molecule has 0 atom stereocenters. The molecule has 0 bridgehead atoms. The van der Waals surface area contributed by atoms with Gasteiger partial charge in [0.05, 0.1) is 0 Å². The van der Waals surface area contributed by atoms with Crippen LogP contribution in [0.2, 0.25) is 0 Å². The van der Waals surface area contributed by atoms with Crippen molar-refractivity contribution < 1.29 is 0 Å². The van der Waals surface area contributed by atoms with E-state index in [0.29, 0.717) is 0 Å². The van der Waals surface area contributed by atoms with Crippen LogP contribution in [-0.4, -0.2) is 32.9 Å². The summed E-state index contributed by atoms with van der Waals surface area (Å²) in [6, 6.07) is 17.9. The van der Waals surface area contributed by atoms with Gasteiger partial charge in [0.15, 0.2) is 0 Å². The summed E-state index contributed by atoms with van der Waals surface area (Å²) in [6.45, 7) is 3.52. The van der Waals surface area contributed by atoms with Crippen LogP contribution < -0.4 is 0 Å². The van der Waals surface area contributed by atoms with Crippen LogP contribution in [0.3, 0.4) is 0 Å². The van der Waals surface area contributed by atoms with Crippen LogP contribution in [-0.2, 0) is 6.54 Å². The minimum Gasteiger partial charge on any atom is -0.366 e. The number of aromatic nitrogens is 3. The molecular weight excluding hydrogens is 368 g/mol. The molecule has 1 aliphatic rings. The summed E-state index contributed by atoms with van der Waals surface area (Å²) >= 11 is 0. The summed E-state index contributed by atoms with van der Waals surface area (Å²) in [6.07, 6.45) is 10.2. The zero-order valence-corrected chi connectivity index (χ0v) is 17.0. The van der Waals surface area contributed by atoms with Gasteiger partial charge in [-0.3, -0.25) is 4.90 Å². The van der Waals surface area contributed by atoms with E-state index in [4.69, 9.17) is 0 Å². The van der Waals surface area contributed by atoms with Crippen LogP contribution >= 0.6 is 0 Å². The third-order valence-electron chi connectivity index (χ3n) is 6.42. The van der Waals surface area contributed by atoms with E-state index >= 15 is 0 Å². The van der Waals surface area contributed by atoms with Crippen molar-refractivity contribution in [3.63, 3.8) is 0 Å². The number of aromatic amines is 3. The molecule has 0 radical (unpaired) electrons. The highest BCUT2D eigenvalue weighted by Gasteiger charge is 2.13. The molecule has 3 aromatic heterocycles. The molecule has 6 rings (SSSR count). The van der Waals surface area contributed by atoms with E-state index in [1.54, 1.807) is 0 Å². The van der Waals surface area contributed by atoms with E-state index in [-0.39, 0.29) is 0 Å². The van der Waals surface area contributed by atoms with Crippen molar-refractivity contribution >= 4 is 21.7 Å². The number of hydrogen-bond acceptors (Lipinski definition) is 1. The zero-order chi connectivity index (χ0) is 19.9. The van der Waals surface area contributed by atoms with Crippen LogP contribution in [0.25, 0.3) is 44.2 Å². The molecule has 30 heavy (non-hydrogen) atoms. The maximum Gasteiger partial charge on any atom is 0.0471 e. The van der Waals surface area contributed by atoms with E-state index in [2.05, 4.69) is 74.7 Å². The number of fused-ring (bicyclic) bond motifs is 2. The average Bonchev–Trinajstić information content (AvgIpc) is 3.53.